The first kappa shape index (κ1) is 16.0. The van der Waals surface area contributed by atoms with Crippen molar-refractivity contribution in [3.63, 3.8) is 0 Å². The molecule has 0 spiro atoms. The highest BCUT2D eigenvalue weighted by atomic mass is 16.7. The van der Waals surface area contributed by atoms with Gasteiger partial charge in [0, 0.05) is 13.1 Å². The van der Waals surface area contributed by atoms with Crippen LogP contribution < -0.4 is 19.7 Å². The number of anilines is 1. The van der Waals surface area contributed by atoms with Crippen LogP contribution in [0.15, 0.2) is 46.9 Å². The van der Waals surface area contributed by atoms with Gasteiger partial charge in [-0.2, -0.15) is 4.98 Å². The number of benzene rings is 2. The largest absolute Gasteiger partial charge is 0.454 e. The summed E-state index contributed by atoms with van der Waals surface area (Å²) in [6.45, 7) is 1.44. The molecule has 1 N–H and O–H groups in total. The summed E-state index contributed by atoms with van der Waals surface area (Å²) >= 11 is 0. The summed E-state index contributed by atoms with van der Waals surface area (Å²) < 4.78 is 16.6. The molecule has 3 heterocycles. The van der Waals surface area contributed by atoms with Gasteiger partial charge in [0.15, 0.2) is 17.1 Å². The van der Waals surface area contributed by atoms with Gasteiger partial charge in [0.1, 0.15) is 11.6 Å². The topological polar surface area (TPSA) is 76.8 Å². The maximum absolute atomic E-state index is 12.8. The summed E-state index contributed by atoms with van der Waals surface area (Å²) in [5, 5.41) is 3.02. The lowest BCUT2D eigenvalue weighted by Gasteiger charge is -2.22. The third-order valence-electron chi connectivity index (χ3n) is 4.99. The number of para-hydroxylation sites is 2. The van der Waals surface area contributed by atoms with E-state index in [1.807, 2.05) is 47.4 Å². The number of carbonyl (C=O) groups is 1. The van der Waals surface area contributed by atoms with E-state index in [1.165, 1.54) is 0 Å². The first-order valence-corrected chi connectivity index (χ1v) is 9.06. The second-order valence-corrected chi connectivity index (χ2v) is 6.72. The Morgan fingerprint density at radius 1 is 1.19 bits per heavy atom. The van der Waals surface area contributed by atoms with Crippen LogP contribution in [0.1, 0.15) is 18.4 Å². The molecule has 1 saturated heterocycles. The second-order valence-electron chi connectivity index (χ2n) is 6.72. The highest BCUT2D eigenvalue weighted by Gasteiger charge is 2.33. The van der Waals surface area contributed by atoms with Crippen molar-refractivity contribution in [2.75, 3.05) is 18.2 Å². The van der Waals surface area contributed by atoms with E-state index in [9.17, 15) is 4.79 Å². The number of nitrogens with zero attached hydrogens (tertiary/aromatic N) is 2. The molecule has 7 heteroatoms. The van der Waals surface area contributed by atoms with Crippen molar-refractivity contribution in [2.24, 2.45) is 0 Å². The number of ether oxygens (including phenoxy) is 2. The number of hydrogen-bond acceptors (Lipinski definition) is 6. The summed E-state index contributed by atoms with van der Waals surface area (Å²) in [7, 11) is 0. The van der Waals surface area contributed by atoms with Crippen molar-refractivity contribution in [3.05, 3.63) is 48.0 Å². The fourth-order valence-electron chi connectivity index (χ4n) is 3.61. The van der Waals surface area contributed by atoms with Gasteiger partial charge in [-0.1, -0.05) is 18.2 Å². The van der Waals surface area contributed by atoms with Gasteiger partial charge in [0.2, 0.25) is 12.7 Å². The van der Waals surface area contributed by atoms with Crippen molar-refractivity contribution in [2.45, 2.75) is 25.4 Å². The average Bonchev–Trinajstić information content (AvgIpc) is 3.43. The van der Waals surface area contributed by atoms with Crippen LogP contribution in [0.2, 0.25) is 0 Å². The molecule has 0 radical (unpaired) electrons. The molecule has 0 bridgehead atoms. The second kappa shape index (κ2) is 6.50. The quantitative estimate of drug-likeness (QED) is 0.766. The van der Waals surface area contributed by atoms with Crippen molar-refractivity contribution < 1.29 is 18.7 Å². The Bertz CT molecular complexity index is 967. The summed E-state index contributed by atoms with van der Waals surface area (Å²) in [6.07, 6.45) is 1.71. The van der Waals surface area contributed by atoms with Gasteiger partial charge in [-0.15, -0.1) is 0 Å². The molecule has 138 valence electrons. The Morgan fingerprint density at radius 2 is 2.07 bits per heavy atom. The molecule has 0 unspecified atom stereocenters. The number of hydrogen-bond donors (Lipinski definition) is 1. The van der Waals surface area contributed by atoms with Crippen molar-refractivity contribution >= 4 is 23.0 Å². The maximum Gasteiger partial charge on any atom is 0.299 e. The first-order valence-electron chi connectivity index (χ1n) is 9.06. The molecule has 3 aromatic rings. The molecule has 5 rings (SSSR count). The number of rotatable bonds is 4. The minimum absolute atomic E-state index is 0.0209. The molecular weight excluding hydrogens is 346 g/mol. The highest BCUT2D eigenvalue weighted by molar-refractivity contribution is 5.85. The van der Waals surface area contributed by atoms with Crippen LogP contribution in [0.25, 0.3) is 11.1 Å². The zero-order valence-electron chi connectivity index (χ0n) is 14.7. The zero-order chi connectivity index (χ0) is 18.2. The van der Waals surface area contributed by atoms with Crippen LogP contribution in [-0.4, -0.2) is 30.3 Å². The van der Waals surface area contributed by atoms with Gasteiger partial charge >= 0.3 is 0 Å². The highest BCUT2D eigenvalue weighted by Crippen LogP contribution is 2.32. The lowest BCUT2D eigenvalue weighted by atomic mass is 10.1. The number of carbonyl (C=O) groups excluding carboxylic acids is 1. The van der Waals surface area contributed by atoms with E-state index in [4.69, 9.17) is 13.9 Å². The van der Waals surface area contributed by atoms with E-state index in [0.29, 0.717) is 12.6 Å². The van der Waals surface area contributed by atoms with Crippen molar-refractivity contribution in [1.82, 2.24) is 10.3 Å². The Hall–Kier alpha value is -3.22. The van der Waals surface area contributed by atoms with E-state index in [1.54, 1.807) is 0 Å². The smallest absolute Gasteiger partial charge is 0.299 e. The Labute approximate surface area is 155 Å². The van der Waals surface area contributed by atoms with Gasteiger partial charge in [0.25, 0.3) is 6.01 Å². The number of aromatic nitrogens is 1. The standard InChI is InChI=1S/C20H19N3O4/c24-19(21-11-13-7-8-17-18(10-13)26-12-25-17)15-5-3-9-23(15)20-22-14-4-1-2-6-16(14)27-20/h1-2,4,6-8,10,15H,3,5,9,11-12H2,(H,21,24)/t15-/m1/s1. The number of fused-ring (bicyclic) bond motifs is 2. The minimum atomic E-state index is -0.271. The molecule has 2 aliphatic heterocycles. The molecule has 27 heavy (non-hydrogen) atoms. The fraction of sp³-hybridized carbons (Fsp3) is 0.300. The van der Waals surface area contributed by atoms with E-state index in [0.717, 1.165) is 47.5 Å². The van der Waals surface area contributed by atoms with Crippen molar-refractivity contribution in [3.8, 4) is 11.5 Å². The predicted molar refractivity (Wildman–Crippen MR) is 98.8 cm³/mol. The molecule has 2 aliphatic rings. The third-order valence-corrected chi connectivity index (χ3v) is 4.99. The summed E-state index contributed by atoms with van der Waals surface area (Å²) in [5.74, 6) is 1.44. The Morgan fingerprint density at radius 3 is 3.00 bits per heavy atom. The predicted octanol–water partition coefficient (Wildman–Crippen LogP) is 2.84. The maximum atomic E-state index is 12.8. The SMILES string of the molecule is O=C(NCc1ccc2c(c1)OCO2)[C@H]1CCCN1c1nc2ccccc2o1. The average molecular weight is 365 g/mol. The molecule has 1 aromatic heterocycles. The van der Waals surface area contributed by atoms with Gasteiger partial charge in [0.05, 0.1) is 0 Å². The molecule has 7 nitrogen and oxygen atoms in total. The van der Waals surface area contributed by atoms with E-state index in [-0.39, 0.29) is 18.7 Å². The minimum Gasteiger partial charge on any atom is -0.454 e. The monoisotopic (exact) mass is 365 g/mol. The molecule has 1 amide bonds. The number of amides is 1. The molecule has 1 fully saturated rings. The first-order chi connectivity index (χ1) is 13.3. The third kappa shape index (κ3) is 2.95. The van der Waals surface area contributed by atoms with E-state index in [2.05, 4.69) is 10.3 Å². The van der Waals surface area contributed by atoms with Crippen LogP contribution in [0, 0.1) is 0 Å². The van der Waals surface area contributed by atoms with Gasteiger partial charge in [-0.05, 0) is 42.7 Å². The van der Waals surface area contributed by atoms with E-state index >= 15 is 0 Å². The summed E-state index contributed by atoms with van der Waals surface area (Å²) in [5.41, 5.74) is 2.51. The van der Waals surface area contributed by atoms with Crippen LogP contribution in [0.4, 0.5) is 6.01 Å². The number of nitrogens with one attached hydrogen (secondary N) is 1. The Balaban J connectivity index is 1.29. The molecule has 2 aromatic carbocycles. The lowest BCUT2D eigenvalue weighted by molar-refractivity contribution is -0.122. The van der Waals surface area contributed by atoms with Crippen LogP contribution >= 0.6 is 0 Å². The summed E-state index contributed by atoms with van der Waals surface area (Å²) in [6, 6.07) is 13.6. The molecule has 0 aliphatic carbocycles. The van der Waals surface area contributed by atoms with Gasteiger partial charge < -0.3 is 24.1 Å². The van der Waals surface area contributed by atoms with Crippen molar-refractivity contribution in [1.29, 1.82) is 0 Å². The number of oxazole rings is 1. The normalized spacial score (nSPS) is 18.2. The van der Waals surface area contributed by atoms with E-state index < -0.39 is 0 Å². The Kier molecular flexibility index (Phi) is 3.85. The van der Waals surface area contributed by atoms with Crippen LogP contribution in [0.5, 0.6) is 11.5 Å². The lowest BCUT2D eigenvalue weighted by Crippen LogP contribution is -2.43. The van der Waals surface area contributed by atoms with Gasteiger partial charge in [-0.25, -0.2) is 0 Å². The molecular formula is C20H19N3O4. The van der Waals surface area contributed by atoms with Crippen LogP contribution in [0.3, 0.4) is 0 Å². The molecule has 1 atom stereocenters. The fourth-order valence-corrected chi connectivity index (χ4v) is 3.61. The van der Waals surface area contributed by atoms with Crippen LogP contribution in [-0.2, 0) is 11.3 Å². The molecule has 0 saturated carbocycles. The zero-order valence-corrected chi connectivity index (χ0v) is 14.7. The summed E-state index contributed by atoms with van der Waals surface area (Å²) in [4.78, 5) is 19.3. The van der Waals surface area contributed by atoms with Gasteiger partial charge in [-0.3, -0.25) is 4.79 Å².